The van der Waals surface area contributed by atoms with Crippen molar-refractivity contribution in [1.82, 2.24) is 29.5 Å². The summed E-state index contributed by atoms with van der Waals surface area (Å²) in [7, 11) is 1.91. The highest BCUT2D eigenvalue weighted by molar-refractivity contribution is 6.30. The number of halogens is 1. The Labute approximate surface area is 202 Å². The number of hydrogen-bond acceptors (Lipinski definition) is 5. The molecule has 0 aliphatic carbocycles. The molecule has 0 amide bonds. The minimum Gasteiger partial charge on any atom is -0.381 e. The van der Waals surface area contributed by atoms with Crippen LogP contribution >= 0.6 is 11.6 Å². The molecule has 1 aliphatic heterocycles. The molecule has 0 unspecified atom stereocenters. The Morgan fingerprint density at radius 3 is 2.62 bits per heavy atom. The van der Waals surface area contributed by atoms with Gasteiger partial charge in [-0.3, -0.25) is 4.98 Å². The number of ether oxygens (including phenoxy) is 1. The van der Waals surface area contributed by atoms with Gasteiger partial charge in [-0.15, -0.1) is 5.10 Å². The number of aromatic nitrogens is 6. The van der Waals surface area contributed by atoms with Crippen LogP contribution in [0.4, 0.5) is 0 Å². The van der Waals surface area contributed by atoms with Gasteiger partial charge in [0.15, 0.2) is 0 Å². The quantitative estimate of drug-likeness (QED) is 0.329. The third-order valence-corrected chi connectivity index (χ3v) is 7.06. The van der Waals surface area contributed by atoms with Crippen molar-refractivity contribution in [2.24, 2.45) is 13.0 Å². The van der Waals surface area contributed by atoms with Crippen molar-refractivity contribution in [3.8, 4) is 11.3 Å². The fourth-order valence-corrected chi connectivity index (χ4v) is 5.48. The monoisotopic (exact) mass is 472 g/mol. The molecule has 172 valence electrons. The second kappa shape index (κ2) is 8.49. The molecule has 1 fully saturated rings. The van der Waals surface area contributed by atoms with Crippen LogP contribution in [0.1, 0.15) is 30.1 Å². The maximum atomic E-state index is 6.42. The van der Waals surface area contributed by atoms with E-state index in [1.807, 2.05) is 32.3 Å². The van der Waals surface area contributed by atoms with Gasteiger partial charge in [0.1, 0.15) is 10.8 Å². The van der Waals surface area contributed by atoms with Gasteiger partial charge in [0.05, 0.1) is 28.5 Å². The minimum absolute atomic E-state index is 0.0823. The first-order chi connectivity index (χ1) is 16.6. The van der Waals surface area contributed by atoms with E-state index in [1.54, 1.807) is 4.68 Å². The molecule has 0 N–H and O–H groups in total. The zero-order chi connectivity index (χ0) is 23.2. The molecule has 6 rings (SSSR count). The Bertz CT molecular complexity index is 1470. The van der Waals surface area contributed by atoms with Crippen LogP contribution < -0.4 is 0 Å². The number of pyridine rings is 2. The molecule has 0 saturated carbocycles. The van der Waals surface area contributed by atoms with Gasteiger partial charge in [-0.25, -0.2) is 9.67 Å². The molecule has 0 radical (unpaired) electrons. The van der Waals surface area contributed by atoms with Gasteiger partial charge in [-0.05, 0) is 49.4 Å². The fraction of sp³-hybridized carbons (Fsp3) is 0.308. The Morgan fingerprint density at radius 2 is 1.88 bits per heavy atom. The van der Waals surface area contributed by atoms with Crippen molar-refractivity contribution >= 4 is 33.7 Å². The molecule has 1 aromatic carbocycles. The molecule has 5 heterocycles. The van der Waals surface area contributed by atoms with Crippen molar-refractivity contribution in [2.75, 3.05) is 13.2 Å². The molecule has 7 nitrogen and oxygen atoms in total. The topological polar surface area (TPSA) is 70.7 Å². The first-order valence-corrected chi connectivity index (χ1v) is 11.9. The summed E-state index contributed by atoms with van der Waals surface area (Å²) in [6, 6.07) is 16.8. The summed E-state index contributed by atoms with van der Waals surface area (Å²) >= 11 is 6.42. The maximum Gasteiger partial charge on any atom is 0.144 e. The summed E-state index contributed by atoms with van der Waals surface area (Å²) in [5.41, 5.74) is 6.86. The molecule has 0 spiro atoms. The third-order valence-electron chi connectivity index (χ3n) is 6.85. The Balaban J connectivity index is 1.67. The second-order valence-electron chi connectivity index (χ2n) is 8.92. The summed E-state index contributed by atoms with van der Waals surface area (Å²) in [4.78, 5) is 9.73. The lowest BCUT2D eigenvalue weighted by molar-refractivity contribution is 0.0552. The zero-order valence-electron chi connectivity index (χ0n) is 19.1. The van der Waals surface area contributed by atoms with Gasteiger partial charge in [0.2, 0.25) is 0 Å². The summed E-state index contributed by atoms with van der Waals surface area (Å²) in [5, 5.41) is 9.91. The lowest BCUT2D eigenvalue weighted by atomic mass is 9.86. The lowest BCUT2D eigenvalue weighted by Crippen LogP contribution is -2.27. The van der Waals surface area contributed by atoms with Crippen molar-refractivity contribution in [3.05, 3.63) is 71.1 Å². The highest BCUT2D eigenvalue weighted by Gasteiger charge is 2.31. The molecule has 34 heavy (non-hydrogen) atoms. The SMILES string of the molecule is Cc1nnn(C)c1-c1cnc2c3ccc(Cl)nc3n([C@H](c3ccccc3)C3CCOCC3)c2c1. The average molecular weight is 473 g/mol. The van der Waals surface area contributed by atoms with E-state index in [0.717, 1.165) is 65.1 Å². The van der Waals surface area contributed by atoms with E-state index >= 15 is 0 Å². The van der Waals surface area contributed by atoms with Gasteiger partial charge < -0.3 is 9.30 Å². The molecule has 0 bridgehead atoms. The van der Waals surface area contributed by atoms with E-state index in [2.05, 4.69) is 51.3 Å². The molecule has 8 heteroatoms. The van der Waals surface area contributed by atoms with Crippen molar-refractivity contribution in [1.29, 1.82) is 0 Å². The largest absolute Gasteiger partial charge is 0.381 e. The highest BCUT2D eigenvalue weighted by atomic mass is 35.5. The predicted molar refractivity (Wildman–Crippen MR) is 133 cm³/mol. The van der Waals surface area contributed by atoms with E-state index in [4.69, 9.17) is 26.3 Å². The van der Waals surface area contributed by atoms with E-state index < -0.39 is 0 Å². The van der Waals surface area contributed by atoms with E-state index in [0.29, 0.717) is 11.1 Å². The molecule has 5 aromatic rings. The number of aryl methyl sites for hydroxylation is 2. The Hall–Kier alpha value is -3.29. The first-order valence-electron chi connectivity index (χ1n) is 11.6. The van der Waals surface area contributed by atoms with Crippen molar-refractivity contribution < 1.29 is 4.74 Å². The van der Waals surface area contributed by atoms with Crippen LogP contribution in [-0.4, -0.2) is 42.7 Å². The fourth-order valence-electron chi connectivity index (χ4n) is 5.33. The van der Waals surface area contributed by atoms with E-state index in [-0.39, 0.29) is 6.04 Å². The number of benzene rings is 1. The lowest BCUT2D eigenvalue weighted by Gasteiger charge is -2.32. The molecule has 4 aromatic heterocycles. The molecule has 1 saturated heterocycles. The standard InChI is InChI=1S/C26H25ClN6O/c1-16-24(32(2)31-30-16)19-14-21-23(28-15-19)20-8-9-22(27)29-26(20)33(21)25(17-6-4-3-5-7-17)18-10-12-34-13-11-18/h3-9,14-15,18,25H,10-13H2,1-2H3/t25-/m1/s1. The van der Waals surface area contributed by atoms with Crippen LogP contribution in [0.15, 0.2) is 54.7 Å². The Morgan fingerprint density at radius 1 is 1.09 bits per heavy atom. The zero-order valence-corrected chi connectivity index (χ0v) is 19.9. The Kier molecular flexibility index (Phi) is 5.31. The molecule has 1 atom stereocenters. The smallest absolute Gasteiger partial charge is 0.144 e. The van der Waals surface area contributed by atoms with Crippen LogP contribution in [0.2, 0.25) is 5.15 Å². The number of rotatable bonds is 4. The van der Waals surface area contributed by atoms with Crippen LogP contribution in [0.3, 0.4) is 0 Å². The predicted octanol–water partition coefficient (Wildman–Crippen LogP) is 5.36. The van der Waals surface area contributed by atoms with Crippen LogP contribution in [0, 0.1) is 12.8 Å². The number of hydrogen-bond donors (Lipinski definition) is 0. The minimum atomic E-state index is 0.0823. The van der Waals surface area contributed by atoms with Crippen LogP contribution in [0.25, 0.3) is 33.3 Å². The van der Waals surface area contributed by atoms with Gasteiger partial charge in [-0.2, -0.15) is 0 Å². The van der Waals surface area contributed by atoms with Crippen molar-refractivity contribution in [3.63, 3.8) is 0 Å². The van der Waals surface area contributed by atoms with E-state index in [9.17, 15) is 0 Å². The summed E-state index contributed by atoms with van der Waals surface area (Å²) < 4.78 is 9.86. The summed E-state index contributed by atoms with van der Waals surface area (Å²) in [6.45, 7) is 3.50. The summed E-state index contributed by atoms with van der Waals surface area (Å²) in [6.07, 6.45) is 3.87. The van der Waals surface area contributed by atoms with Gasteiger partial charge in [0.25, 0.3) is 0 Å². The molecule has 1 aliphatic rings. The molecular weight excluding hydrogens is 448 g/mol. The van der Waals surface area contributed by atoms with Gasteiger partial charge >= 0.3 is 0 Å². The third kappa shape index (κ3) is 3.47. The maximum absolute atomic E-state index is 6.42. The molecular formula is C26H25ClN6O. The number of nitrogens with zero attached hydrogens (tertiary/aromatic N) is 6. The highest BCUT2D eigenvalue weighted by Crippen LogP contribution is 2.40. The van der Waals surface area contributed by atoms with Gasteiger partial charge in [0, 0.05) is 37.4 Å². The van der Waals surface area contributed by atoms with Crippen LogP contribution in [-0.2, 0) is 11.8 Å². The number of fused-ring (bicyclic) bond motifs is 3. The van der Waals surface area contributed by atoms with Crippen molar-refractivity contribution in [2.45, 2.75) is 25.8 Å². The van der Waals surface area contributed by atoms with Gasteiger partial charge in [-0.1, -0.05) is 47.1 Å². The van der Waals surface area contributed by atoms with Crippen LogP contribution in [0.5, 0.6) is 0 Å². The average Bonchev–Trinajstić information content (AvgIpc) is 3.36. The summed E-state index contributed by atoms with van der Waals surface area (Å²) in [5.74, 6) is 0.402. The van der Waals surface area contributed by atoms with E-state index in [1.165, 1.54) is 5.56 Å². The second-order valence-corrected chi connectivity index (χ2v) is 9.31. The first kappa shape index (κ1) is 21.3. The normalized spacial score (nSPS) is 15.9.